The average molecular weight is 307 g/mol. The molecule has 0 atom stereocenters. The normalized spacial score (nSPS) is 11.5. The topological polar surface area (TPSA) is 106 Å². The molecular formula is C14H17N3O3S. The van der Waals surface area contributed by atoms with Crippen molar-refractivity contribution in [2.75, 3.05) is 6.54 Å². The van der Waals surface area contributed by atoms with E-state index in [-0.39, 0.29) is 22.0 Å². The summed E-state index contributed by atoms with van der Waals surface area (Å²) in [6, 6.07) is 9.46. The highest BCUT2D eigenvalue weighted by Gasteiger charge is 2.16. The van der Waals surface area contributed by atoms with Crippen molar-refractivity contribution < 1.29 is 8.42 Å². The smallest absolute Gasteiger partial charge is 0.251 e. The van der Waals surface area contributed by atoms with Crippen LogP contribution in [0.2, 0.25) is 0 Å². The first kappa shape index (κ1) is 15.4. The van der Waals surface area contributed by atoms with E-state index in [1.165, 1.54) is 18.2 Å². The first-order valence-electron chi connectivity index (χ1n) is 6.58. The van der Waals surface area contributed by atoms with Crippen molar-refractivity contribution in [3.63, 3.8) is 0 Å². The minimum atomic E-state index is -3.52. The predicted molar refractivity (Wildman–Crippen MR) is 79.6 cm³/mol. The van der Waals surface area contributed by atoms with E-state index in [0.717, 1.165) is 0 Å². The second-order valence-corrected chi connectivity index (χ2v) is 6.64. The average Bonchev–Trinajstić information content (AvgIpc) is 2.45. The van der Waals surface area contributed by atoms with Crippen LogP contribution in [0.25, 0.3) is 0 Å². The molecule has 0 aliphatic rings. The van der Waals surface area contributed by atoms with Gasteiger partial charge in [0.05, 0.1) is 4.90 Å². The van der Waals surface area contributed by atoms with E-state index in [2.05, 4.69) is 9.97 Å². The Balaban J connectivity index is 2.27. The Morgan fingerprint density at radius 2 is 1.90 bits per heavy atom. The largest absolute Gasteiger partial charge is 0.330 e. The molecule has 0 unspecified atom stereocenters. The molecular weight excluding hydrogens is 290 g/mol. The van der Waals surface area contributed by atoms with Crippen LogP contribution >= 0.6 is 0 Å². The minimum absolute atomic E-state index is 0.151. The minimum Gasteiger partial charge on any atom is -0.330 e. The van der Waals surface area contributed by atoms with Gasteiger partial charge in [0.25, 0.3) is 5.56 Å². The van der Waals surface area contributed by atoms with E-state index < -0.39 is 9.84 Å². The number of nitrogens with one attached hydrogen (secondary N) is 1. The molecule has 7 heteroatoms. The number of benzene rings is 1. The Morgan fingerprint density at radius 3 is 2.57 bits per heavy atom. The van der Waals surface area contributed by atoms with E-state index in [1.54, 1.807) is 18.2 Å². The lowest BCUT2D eigenvalue weighted by atomic mass is 10.2. The fourth-order valence-electron chi connectivity index (χ4n) is 1.93. The first-order chi connectivity index (χ1) is 10.0. The van der Waals surface area contributed by atoms with Gasteiger partial charge in [-0.25, -0.2) is 13.4 Å². The maximum Gasteiger partial charge on any atom is 0.251 e. The highest BCUT2D eigenvalue weighted by molar-refractivity contribution is 7.90. The van der Waals surface area contributed by atoms with Crippen LogP contribution in [0.5, 0.6) is 0 Å². The molecule has 112 valence electrons. The van der Waals surface area contributed by atoms with Crippen molar-refractivity contribution in [3.8, 4) is 0 Å². The molecule has 0 fully saturated rings. The molecule has 3 N–H and O–H groups in total. The maximum absolute atomic E-state index is 12.3. The number of nitrogens with zero attached hydrogens (tertiary/aromatic N) is 1. The number of aryl methyl sites for hydroxylation is 1. The van der Waals surface area contributed by atoms with E-state index >= 15 is 0 Å². The van der Waals surface area contributed by atoms with E-state index in [9.17, 15) is 13.2 Å². The van der Waals surface area contributed by atoms with Gasteiger partial charge in [-0.05, 0) is 31.5 Å². The molecule has 21 heavy (non-hydrogen) atoms. The van der Waals surface area contributed by atoms with Gasteiger partial charge in [-0.2, -0.15) is 0 Å². The molecule has 2 rings (SSSR count). The Bertz CT molecular complexity index is 755. The van der Waals surface area contributed by atoms with Gasteiger partial charge in [0, 0.05) is 11.8 Å². The Kier molecular flexibility index (Phi) is 4.87. The van der Waals surface area contributed by atoms with Gasteiger partial charge >= 0.3 is 0 Å². The van der Waals surface area contributed by atoms with Crippen LogP contribution in [0.3, 0.4) is 0 Å². The fourth-order valence-corrected chi connectivity index (χ4v) is 3.17. The Hall–Kier alpha value is -1.99. The van der Waals surface area contributed by atoms with Gasteiger partial charge in [-0.3, -0.25) is 4.79 Å². The van der Waals surface area contributed by atoms with Crippen LogP contribution in [0.4, 0.5) is 0 Å². The standard InChI is InChI=1S/C14H17N3O3S/c15-8-4-5-11-9-14(18)17-13(16-11)10-21(19,20)12-6-2-1-3-7-12/h1-3,6-7,9H,4-5,8,10,15H2,(H,16,17,18). The lowest BCUT2D eigenvalue weighted by Gasteiger charge is -2.06. The number of hydrogen-bond donors (Lipinski definition) is 2. The summed E-state index contributed by atoms with van der Waals surface area (Å²) in [4.78, 5) is 18.4. The predicted octanol–water partition coefficient (Wildman–Crippen LogP) is 0.635. The molecule has 2 aromatic rings. The molecule has 1 aromatic carbocycles. The first-order valence-corrected chi connectivity index (χ1v) is 8.23. The zero-order valence-corrected chi connectivity index (χ0v) is 12.3. The summed E-state index contributed by atoms with van der Waals surface area (Å²) < 4.78 is 24.5. The molecule has 0 spiro atoms. The Labute approximate surface area is 123 Å². The van der Waals surface area contributed by atoms with Gasteiger partial charge < -0.3 is 10.7 Å². The van der Waals surface area contributed by atoms with Gasteiger partial charge in [0.1, 0.15) is 11.6 Å². The van der Waals surface area contributed by atoms with Gasteiger partial charge in [-0.15, -0.1) is 0 Å². The third kappa shape index (κ3) is 4.24. The molecule has 1 heterocycles. The van der Waals surface area contributed by atoms with Crippen molar-refractivity contribution in [2.24, 2.45) is 5.73 Å². The molecule has 0 amide bonds. The summed E-state index contributed by atoms with van der Waals surface area (Å²) in [6.07, 6.45) is 1.25. The number of H-pyrrole nitrogens is 1. The summed E-state index contributed by atoms with van der Waals surface area (Å²) in [5.41, 5.74) is 5.63. The highest BCUT2D eigenvalue weighted by atomic mass is 32.2. The summed E-state index contributed by atoms with van der Waals surface area (Å²) in [5.74, 6) is -0.179. The maximum atomic E-state index is 12.3. The monoisotopic (exact) mass is 307 g/mol. The van der Waals surface area contributed by atoms with Crippen molar-refractivity contribution in [1.29, 1.82) is 0 Å². The Morgan fingerprint density at radius 1 is 1.19 bits per heavy atom. The summed E-state index contributed by atoms with van der Waals surface area (Å²) >= 11 is 0. The molecule has 6 nitrogen and oxygen atoms in total. The molecule has 0 radical (unpaired) electrons. The lowest BCUT2D eigenvalue weighted by Crippen LogP contribution is -2.17. The lowest BCUT2D eigenvalue weighted by molar-refractivity contribution is 0.593. The summed E-state index contributed by atoms with van der Waals surface area (Å²) in [5, 5.41) is 0. The quantitative estimate of drug-likeness (QED) is 0.814. The summed E-state index contributed by atoms with van der Waals surface area (Å²) in [7, 11) is -3.52. The van der Waals surface area contributed by atoms with E-state index in [4.69, 9.17) is 5.73 Å². The van der Waals surface area contributed by atoms with E-state index in [1.807, 2.05) is 0 Å². The number of aromatic nitrogens is 2. The number of sulfone groups is 1. The SMILES string of the molecule is NCCCc1cc(=O)[nH]c(CS(=O)(=O)c2ccccc2)n1. The number of nitrogens with two attached hydrogens (primary N) is 1. The second kappa shape index (κ2) is 6.64. The van der Waals surface area contributed by atoms with Crippen LogP contribution in [0.1, 0.15) is 17.9 Å². The van der Waals surface area contributed by atoms with Crippen molar-refractivity contribution >= 4 is 9.84 Å². The zero-order chi connectivity index (χ0) is 15.3. The van der Waals surface area contributed by atoms with Crippen molar-refractivity contribution in [1.82, 2.24) is 9.97 Å². The number of aromatic amines is 1. The molecule has 0 bridgehead atoms. The van der Waals surface area contributed by atoms with Crippen LogP contribution in [-0.2, 0) is 22.0 Å². The highest BCUT2D eigenvalue weighted by Crippen LogP contribution is 2.13. The van der Waals surface area contributed by atoms with Gasteiger partial charge in [0.2, 0.25) is 0 Å². The molecule has 0 aliphatic carbocycles. The van der Waals surface area contributed by atoms with Crippen LogP contribution < -0.4 is 11.3 Å². The molecule has 0 saturated heterocycles. The molecule has 0 saturated carbocycles. The van der Waals surface area contributed by atoms with Crippen LogP contribution in [0, 0.1) is 0 Å². The van der Waals surface area contributed by atoms with Gasteiger partial charge in [0.15, 0.2) is 9.84 Å². The third-order valence-electron chi connectivity index (χ3n) is 2.91. The molecule has 0 aliphatic heterocycles. The second-order valence-electron chi connectivity index (χ2n) is 4.65. The van der Waals surface area contributed by atoms with Gasteiger partial charge in [-0.1, -0.05) is 18.2 Å². The third-order valence-corrected chi connectivity index (χ3v) is 4.55. The molecule has 1 aromatic heterocycles. The fraction of sp³-hybridized carbons (Fsp3) is 0.286. The zero-order valence-electron chi connectivity index (χ0n) is 11.5. The summed E-state index contributed by atoms with van der Waals surface area (Å²) in [6.45, 7) is 0.492. The van der Waals surface area contributed by atoms with Crippen molar-refractivity contribution in [2.45, 2.75) is 23.5 Å². The van der Waals surface area contributed by atoms with Crippen LogP contribution in [-0.4, -0.2) is 24.9 Å². The number of hydrogen-bond acceptors (Lipinski definition) is 5. The number of rotatable bonds is 6. The van der Waals surface area contributed by atoms with E-state index in [0.29, 0.717) is 25.1 Å². The van der Waals surface area contributed by atoms with Crippen LogP contribution in [0.15, 0.2) is 46.1 Å². The van der Waals surface area contributed by atoms with Crippen molar-refractivity contribution in [3.05, 3.63) is 58.3 Å².